The summed E-state index contributed by atoms with van der Waals surface area (Å²) in [7, 11) is 1.36. The van der Waals surface area contributed by atoms with Crippen molar-refractivity contribution in [1.82, 2.24) is 14.5 Å². The van der Waals surface area contributed by atoms with Crippen molar-refractivity contribution in [2.24, 2.45) is 0 Å². The third-order valence-corrected chi connectivity index (χ3v) is 5.62. The van der Waals surface area contributed by atoms with Crippen LogP contribution in [0.15, 0.2) is 76.8 Å². The topological polar surface area (TPSA) is 74.1 Å². The number of carbonyl (C=O) groups excluding carboxylic acids is 1. The highest BCUT2D eigenvalue weighted by molar-refractivity contribution is 7.98. The van der Waals surface area contributed by atoms with Gasteiger partial charge in [-0.15, -0.1) is 0 Å². The molecule has 0 N–H and O–H groups in total. The number of aryl methyl sites for hydroxylation is 1. The van der Waals surface area contributed by atoms with Crippen molar-refractivity contribution in [2.75, 3.05) is 7.11 Å². The van der Waals surface area contributed by atoms with Crippen LogP contribution in [0, 0.1) is 6.92 Å². The van der Waals surface area contributed by atoms with Gasteiger partial charge in [0.15, 0.2) is 5.16 Å². The molecule has 0 bridgehead atoms. The minimum atomic E-state index is -0.371. The Morgan fingerprint density at radius 2 is 1.83 bits per heavy atom. The second-order valence-corrected chi connectivity index (χ2v) is 7.67. The van der Waals surface area contributed by atoms with Gasteiger partial charge in [-0.3, -0.25) is 4.79 Å². The number of fused-ring (bicyclic) bond motifs is 1. The molecule has 0 aliphatic heterocycles. The number of ether oxygens (including phenoxy) is 1. The number of carbonyl (C=O) groups is 1. The standard InChI is InChI=1S/C23H19N3O3S/c1-15-7-12-20(24-13-15)26-21(27)18-5-3-4-6-19(18)25-23(26)30-14-16-8-10-17(11-9-16)22(28)29-2/h3-13H,14H2,1-2H3. The number of methoxy groups -OCH3 is 1. The molecule has 2 heterocycles. The molecule has 0 unspecified atom stereocenters. The zero-order chi connectivity index (χ0) is 21.1. The lowest BCUT2D eigenvalue weighted by molar-refractivity contribution is 0.0600. The maximum atomic E-state index is 13.2. The maximum Gasteiger partial charge on any atom is 0.337 e. The van der Waals surface area contributed by atoms with Gasteiger partial charge >= 0.3 is 5.97 Å². The highest BCUT2D eigenvalue weighted by Gasteiger charge is 2.14. The van der Waals surface area contributed by atoms with Crippen LogP contribution >= 0.6 is 11.8 Å². The second-order valence-electron chi connectivity index (χ2n) is 6.72. The SMILES string of the molecule is COC(=O)c1ccc(CSc2nc3ccccc3c(=O)n2-c2ccc(C)cn2)cc1. The number of pyridine rings is 1. The van der Waals surface area contributed by atoms with Crippen molar-refractivity contribution < 1.29 is 9.53 Å². The van der Waals surface area contributed by atoms with Crippen LogP contribution in [0.25, 0.3) is 16.7 Å². The summed E-state index contributed by atoms with van der Waals surface area (Å²) in [5.41, 5.74) is 3.00. The molecule has 0 radical (unpaired) electrons. The third kappa shape index (κ3) is 3.97. The van der Waals surface area contributed by atoms with Gasteiger partial charge in [0.25, 0.3) is 5.56 Å². The van der Waals surface area contributed by atoms with Gasteiger partial charge in [0.05, 0.1) is 23.6 Å². The van der Waals surface area contributed by atoms with Gasteiger partial charge in [-0.2, -0.15) is 0 Å². The zero-order valence-corrected chi connectivity index (χ0v) is 17.3. The molecule has 4 rings (SSSR count). The molecule has 7 heteroatoms. The van der Waals surface area contributed by atoms with E-state index in [9.17, 15) is 9.59 Å². The summed E-state index contributed by atoms with van der Waals surface area (Å²) in [5.74, 6) is 0.745. The third-order valence-electron chi connectivity index (χ3n) is 4.61. The van der Waals surface area contributed by atoms with Crippen LogP contribution in [-0.2, 0) is 10.5 Å². The summed E-state index contributed by atoms with van der Waals surface area (Å²) in [6.45, 7) is 1.95. The molecule has 0 aliphatic rings. The highest BCUT2D eigenvalue weighted by Crippen LogP contribution is 2.24. The first-order valence-corrected chi connectivity index (χ1v) is 10.3. The fraction of sp³-hybridized carbons (Fsp3) is 0.130. The summed E-state index contributed by atoms with van der Waals surface area (Å²) in [5, 5.41) is 1.11. The molecule has 0 aliphatic carbocycles. The Balaban J connectivity index is 1.72. The monoisotopic (exact) mass is 417 g/mol. The molecule has 0 amide bonds. The summed E-state index contributed by atoms with van der Waals surface area (Å²) in [6.07, 6.45) is 1.73. The van der Waals surface area contributed by atoms with E-state index in [1.807, 2.05) is 49.4 Å². The molecule has 4 aromatic rings. The smallest absolute Gasteiger partial charge is 0.337 e. The minimum absolute atomic E-state index is 0.152. The molecule has 0 spiro atoms. The number of hydrogen-bond donors (Lipinski definition) is 0. The Bertz CT molecular complexity index is 1270. The van der Waals surface area contributed by atoms with Crippen LogP contribution < -0.4 is 5.56 Å². The van der Waals surface area contributed by atoms with Gasteiger partial charge in [-0.25, -0.2) is 19.3 Å². The van der Waals surface area contributed by atoms with Crippen LogP contribution in [-0.4, -0.2) is 27.6 Å². The van der Waals surface area contributed by atoms with Gasteiger partial charge in [-0.05, 0) is 48.4 Å². The number of benzene rings is 2. The quantitative estimate of drug-likeness (QED) is 0.276. The molecule has 2 aromatic heterocycles. The summed E-state index contributed by atoms with van der Waals surface area (Å²) in [4.78, 5) is 34.0. The molecular weight excluding hydrogens is 398 g/mol. The van der Waals surface area contributed by atoms with Crippen molar-refractivity contribution >= 4 is 28.6 Å². The van der Waals surface area contributed by atoms with E-state index in [0.29, 0.717) is 33.2 Å². The fourth-order valence-electron chi connectivity index (χ4n) is 3.01. The van der Waals surface area contributed by atoms with E-state index in [2.05, 4.69) is 4.98 Å². The molecule has 30 heavy (non-hydrogen) atoms. The first-order valence-electron chi connectivity index (χ1n) is 9.31. The Morgan fingerprint density at radius 1 is 1.07 bits per heavy atom. The van der Waals surface area contributed by atoms with Crippen LogP contribution in [0.2, 0.25) is 0 Å². The van der Waals surface area contributed by atoms with Crippen molar-refractivity contribution in [2.45, 2.75) is 17.8 Å². The van der Waals surface area contributed by atoms with Crippen molar-refractivity contribution in [3.63, 3.8) is 0 Å². The molecular formula is C23H19N3O3S. The molecule has 0 saturated carbocycles. The average molecular weight is 417 g/mol. The predicted molar refractivity (Wildman–Crippen MR) is 117 cm³/mol. The molecule has 150 valence electrons. The zero-order valence-electron chi connectivity index (χ0n) is 16.5. The first-order chi connectivity index (χ1) is 14.6. The molecule has 2 aromatic carbocycles. The molecule has 0 saturated heterocycles. The van der Waals surface area contributed by atoms with E-state index in [1.165, 1.54) is 18.9 Å². The number of para-hydroxylation sites is 1. The fourth-order valence-corrected chi connectivity index (χ4v) is 3.96. The Kier molecular flexibility index (Phi) is 5.63. The normalized spacial score (nSPS) is 10.9. The van der Waals surface area contributed by atoms with Gasteiger partial charge in [0, 0.05) is 11.9 Å². The van der Waals surface area contributed by atoms with E-state index >= 15 is 0 Å². The van der Waals surface area contributed by atoms with Crippen LogP contribution in [0.1, 0.15) is 21.5 Å². The van der Waals surface area contributed by atoms with Crippen LogP contribution in [0.5, 0.6) is 0 Å². The summed E-state index contributed by atoms with van der Waals surface area (Å²) in [6, 6.07) is 18.2. The largest absolute Gasteiger partial charge is 0.465 e. The molecule has 6 nitrogen and oxygen atoms in total. The van der Waals surface area contributed by atoms with E-state index < -0.39 is 0 Å². The number of nitrogens with zero attached hydrogens (tertiary/aromatic N) is 3. The number of esters is 1. The van der Waals surface area contributed by atoms with E-state index in [-0.39, 0.29) is 11.5 Å². The Hall–Kier alpha value is -3.45. The summed E-state index contributed by atoms with van der Waals surface area (Å²) < 4.78 is 6.28. The van der Waals surface area contributed by atoms with E-state index in [0.717, 1.165) is 11.1 Å². The van der Waals surface area contributed by atoms with Gasteiger partial charge in [0.2, 0.25) is 0 Å². The lowest BCUT2D eigenvalue weighted by Crippen LogP contribution is -2.22. The number of rotatable bonds is 5. The number of hydrogen-bond acceptors (Lipinski definition) is 6. The minimum Gasteiger partial charge on any atom is -0.465 e. The van der Waals surface area contributed by atoms with Crippen LogP contribution in [0.4, 0.5) is 0 Å². The van der Waals surface area contributed by atoms with E-state index in [1.54, 1.807) is 29.0 Å². The van der Waals surface area contributed by atoms with Crippen molar-refractivity contribution in [1.29, 1.82) is 0 Å². The first kappa shape index (κ1) is 19.8. The average Bonchev–Trinajstić information content (AvgIpc) is 2.78. The Labute approximate surface area is 177 Å². The highest BCUT2D eigenvalue weighted by atomic mass is 32.2. The van der Waals surface area contributed by atoms with Gasteiger partial charge < -0.3 is 4.74 Å². The lowest BCUT2D eigenvalue weighted by atomic mass is 10.1. The second kappa shape index (κ2) is 8.51. The van der Waals surface area contributed by atoms with Crippen LogP contribution in [0.3, 0.4) is 0 Å². The van der Waals surface area contributed by atoms with Gasteiger partial charge in [0.1, 0.15) is 5.82 Å². The number of aromatic nitrogens is 3. The van der Waals surface area contributed by atoms with Crippen molar-refractivity contribution in [3.8, 4) is 5.82 Å². The van der Waals surface area contributed by atoms with Crippen molar-refractivity contribution in [3.05, 3.63) is 93.9 Å². The summed E-state index contributed by atoms with van der Waals surface area (Å²) >= 11 is 1.44. The van der Waals surface area contributed by atoms with Gasteiger partial charge in [-0.1, -0.05) is 42.1 Å². The molecule has 0 atom stereocenters. The lowest BCUT2D eigenvalue weighted by Gasteiger charge is -2.12. The number of thioether (sulfide) groups is 1. The predicted octanol–water partition coefficient (Wildman–Crippen LogP) is 4.17. The Morgan fingerprint density at radius 3 is 2.53 bits per heavy atom. The maximum absolute atomic E-state index is 13.2. The molecule has 0 fully saturated rings. The van der Waals surface area contributed by atoms with E-state index in [4.69, 9.17) is 9.72 Å².